The molecule has 1 rings (SSSR count). The van der Waals surface area contributed by atoms with Gasteiger partial charge in [0.15, 0.2) is 5.82 Å². The lowest BCUT2D eigenvalue weighted by Crippen LogP contribution is -2.35. The summed E-state index contributed by atoms with van der Waals surface area (Å²) in [5.41, 5.74) is 0.0669. The number of nitrogens with one attached hydrogen (secondary N) is 1. The van der Waals surface area contributed by atoms with Gasteiger partial charge in [0.1, 0.15) is 6.33 Å². The molecule has 0 atom stereocenters. The maximum Gasteiger partial charge on any atom is 0.164 e. The molecular formula is C14H28N4O3. The highest BCUT2D eigenvalue weighted by Gasteiger charge is 2.10. The van der Waals surface area contributed by atoms with Gasteiger partial charge < -0.3 is 19.5 Å². The molecule has 1 heterocycles. The summed E-state index contributed by atoms with van der Waals surface area (Å²) in [6, 6.07) is 0. The molecule has 1 aromatic heterocycles. The topological polar surface area (TPSA) is 70.4 Å². The number of nitrogens with zero attached hydrogens (tertiary/aromatic N) is 3. The van der Waals surface area contributed by atoms with Gasteiger partial charge in [-0.25, -0.2) is 4.98 Å². The molecular weight excluding hydrogens is 272 g/mol. The predicted molar refractivity (Wildman–Crippen MR) is 80.1 cm³/mol. The Bertz CT molecular complexity index is 377. The van der Waals surface area contributed by atoms with Crippen molar-refractivity contribution < 1.29 is 14.2 Å². The molecule has 0 aliphatic heterocycles. The maximum absolute atomic E-state index is 5.47. The van der Waals surface area contributed by atoms with Crippen LogP contribution in [0.5, 0.6) is 0 Å². The van der Waals surface area contributed by atoms with E-state index < -0.39 is 0 Å². The van der Waals surface area contributed by atoms with Crippen LogP contribution in [0.15, 0.2) is 6.33 Å². The molecule has 7 nitrogen and oxygen atoms in total. The second-order valence-electron chi connectivity index (χ2n) is 5.74. The molecule has 0 aromatic carbocycles. The molecule has 0 saturated heterocycles. The fourth-order valence-electron chi connectivity index (χ4n) is 1.49. The molecule has 0 saturated carbocycles. The SMILES string of the molecule is COCCOCCOCCn1cnc(CNC(C)(C)C)n1. The lowest BCUT2D eigenvalue weighted by molar-refractivity contribution is 0.0225. The Morgan fingerprint density at radius 2 is 1.76 bits per heavy atom. The van der Waals surface area contributed by atoms with Crippen LogP contribution in [-0.4, -0.2) is 60.4 Å². The number of methoxy groups -OCH3 is 1. The third-order valence-electron chi connectivity index (χ3n) is 2.63. The number of hydrogen-bond donors (Lipinski definition) is 1. The van der Waals surface area contributed by atoms with Gasteiger partial charge in [-0.1, -0.05) is 0 Å². The maximum atomic E-state index is 5.47. The Morgan fingerprint density at radius 1 is 1.10 bits per heavy atom. The van der Waals surface area contributed by atoms with Crippen molar-refractivity contribution in [1.82, 2.24) is 20.1 Å². The van der Waals surface area contributed by atoms with Gasteiger partial charge in [-0.2, -0.15) is 5.10 Å². The molecule has 1 N–H and O–H groups in total. The summed E-state index contributed by atoms with van der Waals surface area (Å²) in [4.78, 5) is 4.26. The average molecular weight is 300 g/mol. The van der Waals surface area contributed by atoms with E-state index in [1.807, 2.05) is 0 Å². The van der Waals surface area contributed by atoms with Crippen molar-refractivity contribution in [3.05, 3.63) is 12.2 Å². The van der Waals surface area contributed by atoms with Crippen molar-refractivity contribution >= 4 is 0 Å². The van der Waals surface area contributed by atoms with E-state index in [2.05, 4.69) is 36.2 Å². The van der Waals surface area contributed by atoms with E-state index in [4.69, 9.17) is 14.2 Å². The normalized spacial score (nSPS) is 12.0. The second-order valence-corrected chi connectivity index (χ2v) is 5.74. The summed E-state index contributed by atoms with van der Waals surface area (Å²) < 4.78 is 17.5. The van der Waals surface area contributed by atoms with Crippen molar-refractivity contribution in [2.75, 3.05) is 40.1 Å². The van der Waals surface area contributed by atoms with Crippen LogP contribution in [0.25, 0.3) is 0 Å². The monoisotopic (exact) mass is 300 g/mol. The first kappa shape index (κ1) is 18.0. The first-order valence-corrected chi connectivity index (χ1v) is 7.29. The van der Waals surface area contributed by atoms with E-state index in [9.17, 15) is 0 Å². The molecule has 0 radical (unpaired) electrons. The van der Waals surface area contributed by atoms with Crippen molar-refractivity contribution in [3.63, 3.8) is 0 Å². The van der Waals surface area contributed by atoms with Crippen LogP contribution < -0.4 is 5.32 Å². The minimum absolute atomic E-state index is 0.0669. The fraction of sp³-hybridized carbons (Fsp3) is 0.857. The third-order valence-corrected chi connectivity index (χ3v) is 2.63. The van der Waals surface area contributed by atoms with E-state index in [1.165, 1.54) is 0 Å². The minimum Gasteiger partial charge on any atom is -0.382 e. The van der Waals surface area contributed by atoms with E-state index in [0.717, 1.165) is 5.82 Å². The summed E-state index contributed by atoms with van der Waals surface area (Å²) in [7, 11) is 1.66. The second kappa shape index (κ2) is 9.83. The van der Waals surface area contributed by atoms with Crippen molar-refractivity contribution in [2.45, 2.75) is 39.4 Å². The highest BCUT2D eigenvalue weighted by molar-refractivity contribution is 4.83. The largest absolute Gasteiger partial charge is 0.382 e. The standard InChI is InChI=1S/C14H28N4O3/c1-14(2,3)16-11-13-15-12-18(17-13)5-6-20-9-10-21-8-7-19-4/h12,16H,5-11H2,1-4H3. The van der Waals surface area contributed by atoms with Crippen LogP contribution in [-0.2, 0) is 27.3 Å². The quantitative estimate of drug-likeness (QED) is 0.611. The Balaban J connectivity index is 2.06. The summed E-state index contributed by atoms with van der Waals surface area (Å²) in [6.07, 6.45) is 1.73. The zero-order valence-electron chi connectivity index (χ0n) is 13.6. The Morgan fingerprint density at radius 3 is 2.43 bits per heavy atom. The molecule has 122 valence electrons. The molecule has 0 amide bonds. The van der Waals surface area contributed by atoms with Crippen molar-refractivity contribution in [3.8, 4) is 0 Å². The number of ether oxygens (including phenoxy) is 3. The summed E-state index contributed by atoms with van der Waals surface area (Å²) in [5.74, 6) is 0.799. The summed E-state index contributed by atoms with van der Waals surface area (Å²) >= 11 is 0. The first-order chi connectivity index (χ1) is 10.0. The van der Waals surface area contributed by atoms with Gasteiger partial charge in [0.05, 0.1) is 46.1 Å². The molecule has 0 bridgehead atoms. The van der Waals surface area contributed by atoms with Crippen molar-refractivity contribution in [1.29, 1.82) is 0 Å². The molecule has 0 aliphatic carbocycles. The van der Waals surface area contributed by atoms with E-state index in [-0.39, 0.29) is 5.54 Å². The van der Waals surface area contributed by atoms with Gasteiger partial charge in [0.2, 0.25) is 0 Å². The molecule has 1 aromatic rings. The van der Waals surface area contributed by atoms with E-state index in [0.29, 0.717) is 46.1 Å². The fourth-order valence-corrected chi connectivity index (χ4v) is 1.49. The zero-order valence-corrected chi connectivity index (χ0v) is 13.6. The lowest BCUT2D eigenvalue weighted by atomic mass is 10.1. The smallest absolute Gasteiger partial charge is 0.164 e. The van der Waals surface area contributed by atoms with Gasteiger partial charge in [0.25, 0.3) is 0 Å². The van der Waals surface area contributed by atoms with Crippen LogP contribution in [0.2, 0.25) is 0 Å². The molecule has 0 unspecified atom stereocenters. The van der Waals surface area contributed by atoms with Crippen LogP contribution in [0.1, 0.15) is 26.6 Å². The van der Waals surface area contributed by atoms with Crippen LogP contribution in [0.3, 0.4) is 0 Å². The Kier molecular flexibility index (Phi) is 8.44. The number of rotatable bonds is 11. The molecule has 0 spiro atoms. The van der Waals surface area contributed by atoms with Gasteiger partial charge in [-0.15, -0.1) is 0 Å². The van der Waals surface area contributed by atoms with Crippen LogP contribution >= 0.6 is 0 Å². The van der Waals surface area contributed by atoms with Gasteiger partial charge >= 0.3 is 0 Å². The zero-order chi connectivity index (χ0) is 15.6. The Labute approximate surface area is 127 Å². The van der Waals surface area contributed by atoms with E-state index in [1.54, 1.807) is 18.1 Å². The molecule has 21 heavy (non-hydrogen) atoms. The van der Waals surface area contributed by atoms with Gasteiger partial charge in [0, 0.05) is 12.6 Å². The van der Waals surface area contributed by atoms with Crippen LogP contribution in [0, 0.1) is 0 Å². The summed E-state index contributed by atoms with van der Waals surface area (Å²) in [6.45, 7) is 10.7. The molecule has 0 fully saturated rings. The van der Waals surface area contributed by atoms with Crippen LogP contribution in [0.4, 0.5) is 0 Å². The molecule has 0 aliphatic rings. The minimum atomic E-state index is 0.0669. The van der Waals surface area contributed by atoms with Crippen molar-refractivity contribution in [2.24, 2.45) is 0 Å². The van der Waals surface area contributed by atoms with E-state index >= 15 is 0 Å². The highest BCUT2D eigenvalue weighted by atomic mass is 16.5. The van der Waals surface area contributed by atoms with Gasteiger partial charge in [-0.05, 0) is 20.8 Å². The third kappa shape index (κ3) is 9.52. The van der Waals surface area contributed by atoms with Gasteiger partial charge in [-0.3, -0.25) is 4.68 Å². The highest BCUT2D eigenvalue weighted by Crippen LogP contribution is 2.00. The Hall–Kier alpha value is -1.02. The number of hydrogen-bond acceptors (Lipinski definition) is 6. The first-order valence-electron chi connectivity index (χ1n) is 7.29. The molecule has 7 heteroatoms. The number of aromatic nitrogens is 3. The summed E-state index contributed by atoms with van der Waals surface area (Å²) in [5, 5.41) is 7.74. The average Bonchev–Trinajstić information content (AvgIpc) is 2.87. The lowest BCUT2D eigenvalue weighted by Gasteiger charge is -2.19. The predicted octanol–water partition coefficient (Wildman–Crippen LogP) is 0.846.